The molecule has 0 aromatic heterocycles. The smallest absolute Gasteiger partial charge is 0.129 e. The van der Waals surface area contributed by atoms with Gasteiger partial charge >= 0.3 is 0 Å². The van der Waals surface area contributed by atoms with Crippen LogP contribution < -0.4 is 4.90 Å². The number of nitrogens with zero attached hydrogens (tertiary/aromatic N) is 1. The third-order valence-electron chi connectivity index (χ3n) is 3.53. The molecule has 17 heavy (non-hydrogen) atoms. The Bertz CT molecular complexity index is 400. The number of anilines is 1. The molecule has 92 valence electrons. The molecule has 1 unspecified atom stereocenters. The number of Topliss-reactive ketones (excluding diaryl/α,β-unsaturated/α-hetero) is 1. The predicted octanol–water partition coefficient (Wildman–Crippen LogP) is 3.20. The van der Waals surface area contributed by atoms with E-state index in [-0.39, 0.29) is 0 Å². The van der Waals surface area contributed by atoms with Crippen LogP contribution in [0.3, 0.4) is 0 Å². The fourth-order valence-corrected chi connectivity index (χ4v) is 2.63. The Labute approximate surface area is 104 Å². The second-order valence-corrected chi connectivity index (χ2v) is 5.03. The standard InChI is InChI=1S/C15H21NO/c1-12-11-14-8-3-4-9-15(14)16(12)10-6-5-7-13(2)17/h3-4,8-9,12H,5-7,10-11H2,1-2H3. The van der Waals surface area contributed by atoms with Crippen LogP contribution in [0.4, 0.5) is 5.69 Å². The maximum atomic E-state index is 10.9. The molecule has 1 aliphatic heterocycles. The van der Waals surface area contributed by atoms with Gasteiger partial charge in [0.25, 0.3) is 0 Å². The highest BCUT2D eigenvalue weighted by Gasteiger charge is 2.24. The first-order valence-corrected chi connectivity index (χ1v) is 6.52. The Morgan fingerprint density at radius 2 is 2.12 bits per heavy atom. The van der Waals surface area contributed by atoms with E-state index in [0.717, 1.165) is 32.2 Å². The highest BCUT2D eigenvalue weighted by atomic mass is 16.1. The summed E-state index contributed by atoms with van der Waals surface area (Å²) in [6.45, 7) is 5.03. The first-order valence-electron chi connectivity index (χ1n) is 6.52. The molecule has 0 aliphatic carbocycles. The number of unbranched alkanes of at least 4 members (excludes halogenated alkanes) is 1. The fraction of sp³-hybridized carbons (Fsp3) is 0.533. The van der Waals surface area contributed by atoms with E-state index in [1.807, 2.05) is 0 Å². The van der Waals surface area contributed by atoms with Crippen molar-refractivity contribution in [2.45, 2.75) is 45.6 Å². The lowest BCUT2D eigenvalue weighted by Gasteiger charge is -2.24. The summed E-state index contributed by atoms with van der Waals surface area (Å²) in [5.41, 5.74) is 2.86. The van der Waals surface area contributed by atoms with Crippen LogP contribution in [0, 0.1) is 0 Å². The Morgan fingerprint density at radius 1 is 1.35 bits per heavy atom. The number of hydrogen-bond donors (Lipinski definition) is 0. The predicted molar refractivity (Wildman–Crippen MR) is 71.5 cm³/mol. The topological polar surface area (TPSA) is 20.3 Å². The van der Waals surface area contributed by atoms with Crippen molar-refractivity contribution in [3.8, 4) is 0 Å². The molecule has 0 saturated carbocycles. The van der Waals surface area contributed by atoms with Gasteiger partial charge in [0.15, 0.2) is 0 Å². The molecule has 1 aromatic carbocycles. The normalized spacial score (nSPS) is 18.2. The molecule has 0 N–H and O–H groups in total. The molecule has 2 heteroatoms. The number of fused-ring (bicyclic) bond motifs is 1. The number of carbonyl (C=O) groups is 1. The van der Waals surface area contributed by atoms with Crippen molar-refractivity contribution in [1.29, 1.82) is 0 Å². The minimum absolute atomic E-state index is 0.305. The van der Waals surface area contributed by atoms with Gasteiger partial charge in [0.05, 0.1) is 0 Å². The first kappa shape index (κ1) is 12.2. The molecule has 2 rings (SSSR count). The van der Waals surface area contributed by atoms with Gasteiger partial charge in [0, 0.05) is 24.7 Å². The summed E-state index contributed by atoms with van der Waals surface area (Å²) in [6, 6.07) is 9.26. The number of rotatable bonds is 5. The summed E-state index contributed by atoms with van der Waals surface area (Å²) < 4.78 is 0. The summed E-state index contributed by atoms with van der Waals surface area (Å²) in [7, 11) is 0. The highest BCUT2D eigenvalue weighted by Crippen LogP contribution is 2.31. The molecule has 1 heterocycles. The average Bonchev–Trinajstić information content (AvgIpc) is 2.60. The van der Waals surface area contributed by atoms with E-state index in [1.165, 1.54) is 11.3 Å². The van der Waals surface area contributed by atoms with Crippen LogP contribution in [0.1, 0.15) is 38.7 Å². The van der Waals surface area contributed by atoms with E-state index >= 15 is 0 Å². The van der Waals surface area contributed by atoms with Gasteiger partial charge in [0.1, 0.15) is 5.78 Å². The van der Waals surface area contributed by atoms with E-state index in [1.54, 1.807) is 6.92 Å². The zero-order chi connectivity index (χ0) is 12.3. The van der Waals surface area contributed by atoms with E-state index < -0.39 is 0 Å². The Balaban J connectivity index is 1.90. The second kappa shape index (κ2) is 5.35. The molecule has 1 aliphatic rings. The zero-order valence-corrected chi connectivity index (χ0v) is 10.8. The van der Waals surface area contributed by atoms with Crippen molar-refractivity contribution in [3.63, 3.8) is 0 Å². The third kappa shape index (κ3) is 2.87. The summed E-state index contributed by atoms with van der Waals surface area (Å²) in [5, 5.41) is 0. The molecule has 0 spiro atoms. The average molecular weight is 231 g/mol. The summed E-state index contributed by atoms with van der Waals surface area (Å²) in [6.07, 6.45) is 4.01. The molecule has 0 amide bonds. The lowest BCUT2D eigenvalue weighted by atomic mass is 10.1. The van der Waals surface area contributed by atoms with Crippen molar-refractivity contribution >= 4 is 11.5 Å². The van der Waals surface area contributed by atoms with Gasteiger partial charge in [0.2, 0.25) is 0 Å². The quantitative estimate of drug-likeness (QED) is 0.725. The second-order valence-electron chi connectivity index (χ2n) is 5.03. The number of benzene rings is 1. The van der Waals surface area contributed by atoms with Gasteiger partial charge in [-0.05, 0) is 44.7 Å². The van der Waals surface area contributed by atoms with Crippen LogP contribution in [0.15, 0.2) is 24.3 Å². The minimum Gasteiger partial charge on any atom is -0.368 e. The Hall–Kier alpha value is -1.31. The Kier molecular flexibility index (Phi) is 3.82. The van der Waals surface area contributed by atoms with Crippen molar-refractivity contribution < 1.29 is 4.79 Å². The van der Waals surface area contributed by atoms with Crippen LogP contribution in [0.5, 0.6) is 0 Å². The molecule has 0 radical (unpaired) electrons. The zero-order valence-electron chi connectivity index (χ0n) is 10.8. The molecule has 0 saturated heterocycles. The van der Waals surface area contributed by atoms with Gasteiger partial charge in [-0.2, -0.15) is 0 Å². The summed E-state index contributed by atoms with van der Waals surface area (Å²) >= 11 is 0. The Morgan fingerprint density at radius 3 is 2.88 bits per heavy atom. The van der Waals surface area contributed by atoms with Crippen molar-refractivity contribution in [3.05, 3.63) is 29.8 Å². The van der Waals surface area contributed by atoms with Crippen LogP contribution in [-0.2, 0) is 11.2 Å². The monoisotopic (exact) mass is 231 g/mol. The van der Waals surface area contributed by atoms with Crippen LogP contribution in [0.2, 0.25) is 0 Å². The molecular weight excluding hydrogens is 210 g/mol. The highest BCUT2D eigenvalue weighted by molar-refractivity contribution is 5.75. The van der Waals surface area contributed by atoms with Gasteiger partial charge in [-0.1, -0.05) is 18.2 Å². The number of hydrogen-bond acceptors (Lipinski definition) is 2. The van der Waals surface area contributed by atoms with E-state index in [9.17, 15) is 4.79 Å². The lowest BCUT2D eigenvalue weighted by Crippen LogP contribution is -2.30. The van der Waals surface area contributed by atoms with Crippen LogP contribution >= 0.6 is 0 Å². The van der Waals surface area contributed by atoms with Gasteiger partial charge in [-0.25, -0.2) is 0 Å². The molecular formula is C15H21NO. The number of carbonyl (C=O) groups excluding carboxylic acids is 1. The van der Waals surface area contributed by atoms with Crippen LogP contribution in [-0.4, -0.2) is 18.4 Å². The van der Waals surface area contributed by atoms with E-state index in [0.29, 0.717) is 11.8 Å². The molecule has 1 atom stereocenters. The third-order valence-corrected chi connectivity index (χ3v) is 3.53. The maximum Gasteiger partial charge on any atom is 0.129 e. The van der Waals surface area contributed by atoms with Gasteiger partial charge in [-0.3, -0.25) is 0 Å². The molecule has 0 bridgehead atoms. The van der Waals surface area contributed by atoms with Crippen molar-refractivity contribution in [2.24, 2.45) is 0 Å². The summed E-state index contributed by atoms with van der Waals surface area (Å²) in [4.78, 5) is 13.4. The van der Waals surface area contributed by atoms with Crippen LogP contribution in [0.25, 0.3) is 0 Å². The van der Waals surface area contributed by atoms with Gasteiger partial charge < -0.3 is 9.69 Å². The van der Waals surface area contributed by atoms with Crippen molar-refractivity contribution in [1.82, 2.24) is 0 Å². The molecule has 0 fully saturated rings. The maximum absolute atomic E-state index is 10.9. The largest absolute Gasteiger partial charge is 0.368 e. The first-order chi connectivity index (χ1) is 8.18. The van der Waals surface area contributed by atoms with E-state index in [4.69, 9.17) is 0 Å². The van der Waals surface area contributed by atoms with Gasteiger partial charge in [-0.15, -0.1) is 0 Å². The minimum atomic E-state index is 0.305. The summed E-state index contributed by atoms with van der Waals surface area (Å²) in [5.74, 6) is 0.305. The lowest BCUT2D eigenvalue weighted by molar-refractivity contribution is -0.117. The van der Waals surface area contributed by atoms with Crippen molar-refractivity contribution in [2.75, 3.05) is 11.4 Å². The molecule has 2 nitrogen and oxygen atoms in total. The fourth-order valence-electron chi connectivity index (χ4n) is 2.63. The number of para-hydroxylation sites is 1. The SMILES string of the molecule is CC(=O)CCCCN1c2ccccc2CC1C. The number of ketones is 1. The molecule has 1 aromatic rings. The van der Waals surface area contributed by atoms with E-state index in [2.05, 4.69) is 36.1 Å².